The van der Waals surface area contributed by atoms with E-state index in [9.17, 15) is 9.59 Å². The summed E-state index contributed by atoms with van der Waals surface area (Å²) in [6.45, 7) is 3.12. The second-order valence-electron chi connectivity index (χ2n) is 4.21. The van der Waals surface area contributed by atoms with Crippen LogP contribution < -0.4 is 10.6 Å². The molecule has 2 amide bonds. The number of amides is 2. The highest BCUT2D eigenvalue weighted by atomic mass is 16.5. The standard InChI is InChI=1S/C11H20N2O4/c1-2-3-4-9(10(14)15)13-11(16)12-8-5-6-17-7-8/h8-9H,2-7H2,1H3,(H,14,15)(H2,12,13,16)/t8?,9-/m0/s1. The van der Waals surface area contributed by atoms with E-state index in [1.54, 1.807) is 0 Å². The smallest absolute Gasteiger partial charge is 0.326 e. The number of carbonyl (C=O) groups excluding carboxylic acids is 1. The number of nitrogens with one attached hydrogen (secondary N) is 2. The summed E-state index contributed by atoms with van der Waals surface area (Å²) >= 11 is 0. The van der Waals surface area contributed by atoms with Crippen molar-refractivity contribution < 1.29 is 19.4 Å². The molecule has 1 unspecified atom stereocenters. The molecular weight excluding hydrogens is 224 g/mol. The van der Waals surface area contributed by atoms with Crippen LogP contribution >= 0.6 is 0 Å². The maximum Gasteiger partial charge on any atom is 0.326 e. The number of urea groups is 1. The third kappa shape index (κ3) is 5.04. The zero-order valence-corrected chi connectivity index (χ0v) is 10.1. The van der Waals surface area contributed by atoms with Crippen molar-refractivity contribution in [3.8, 4) is 0 Å². The van der Waals surface area contributed by atoms with Gasteiger partial charge in [0.1, 0.15) is 6.04 Å². The third-order valence-corrected chi connectivity index (χ3v) is 2.71. The Labute approximate surface area is 101 Å². The first-order valence-electron chi connectivity index (χ1n) is 6.01. The summed E-state index contributed by atoms with van der Waals surface area (Å²) in [7, 11) is 0. The van der Waals surface area contributed by atoms with E-state index in [2.05, 4.69) is 10.6 Å². The fourth-order valence-corrected chi connectivity index (χ4v) is 1.70. The van der Waals surface area contributed by atoms with Gasteiger partial charge in [0.15, 0.2) is 0 Å². The van der Waals surface area contributed by atoms with Crippen molar-refractivity contribution in [3.63, 3.8) is 0 Å². The summed E-state index contributed by atoms with van der Waals surface area (Å²) in [5, 5.41) is 14.1. The van der Waals surface area contributed by atoms with Gasteiger partial charge in [-0.1, -0.05) is 19.8 Å². The lowest BCUT2D eigenvalue weighted by Crippen LogP contribution is -2.49. The molecule has 0 radical (unpaired) electrons. The normalized spacial score (nSPS) is 20.9. The molecule has 1 saturated heterocycles. The molecule has 3 N–H and O–H groups in total. The van der Waals surface area contributed by atoms with Gasteiger partial charge in [-0.25, -0.2) is 9.59 Å². The fourth-order valence-electron chi connectivity index (χ4n) is 1.70. The van der Waals surface area contributed by atoms with E-state index in [-0.39, 0.29) is 6.04 Å². The van der Waals surface area contributed by atoms with Crippen LogP contribution in [-0.2, 0) is 9.53 Å². The predicted octanol–water partition coefficient (Wildman–Crippen LogP) is 0.718. The monoisotopic (exact) mass is 244 g/mol. The molecule has 0 aromatic heterocycles. The Hall–Kier alpha value is -1.30. The molecule has 0 aromatic rings. The van der Waals surface area contributed by atoms with Gasteiger partial charge in [0.2, 0.25) is 0 Å². The lowest BCUT2D eigenvalue weighted by Gasteiger charge is -2.16. The quantitative estimate of drug-likeness (QED) is 0.642. The van der Waals surface area contributed by atoms with Crippen molar-refractivity contribution in [1.82, 2.24) is 10.6 Å². The zero-order valence-electron chi connectivity index (χ0n) is 10.1. The van der Waals surface area contributed by atoms with Crippen LogP contribution in [0.25, 0.3) is 0 Å². The molecule has 0 aromatic carbocycles. The summed E-state index contributed by atoms with van der Waals surface area (Å²) in [6, 6.07) is -1.24. The van der Waals surface area contributed by atoms with Gasteiger partial charge in [0.25, 0.3) is 0 Å². The van der Waals surface area contributed by atoms with Crippen LogP contribution in [0, 0.1) is 0 Å². The number of rotatable bonds is 6. The molecule has 1 heterocycles. The number of hydrogen-bond acceptors (Lipinski definition) is 3. The highest BCUT2D eigenvalue weighted by Crippen LogP contribution is 2.04. The van der Waals surface area contributed by atoms with E-state index in [0.717, 1.165) is 19.3 Å². The number of carboxylic acid groups (broad SMARTS) is 1. The van der Waals surface area contributed by atoms with Crippen LogP contribution in [0.2, 0.25) is 0 Å². The first-order valence-corrected chi connectivity index (χ1v) is 6.01. The van der Waals surface area contributed by atoms with Crippen LogP contribution in [-0.4, -0.2) is 42.4 Å². The maximum atomic E-state index is 11.5. The molecule has 6 heteroatoms. The van der Waals surface area contributed by atoms with E-state index in [1.807, 2.05) is 6.92 Å². The van der Waals surface area contributed by atoms with Crippen molar-refractivity contribution in [3.05, 3.63) is 0 Å². The Bertz CT molecular complexity index is 264. The van der Waals surface area contributed by atoms with Gasteiger partial charge >= 0.3 is 12.0 Å². The summed E-state index contributed by atoms with van der Waals surface area (Å²) in [6.07, 6.45) is 2.92. The van der Waals surface area contributed by atoms with E-state index < -0.39 is 18.0 Å². The number of hydrogen-bond donors (Lipinski definition) is 3. The van der Waals surface area contributed by atoms with E-state index in [4.69, 9.17) is 9.84 Å². The van der Waals surface area contributed by atoms with Gasteiger partial charge in [0.05, 0.1) is 12.6 Å². The minimum atomic E-state index is -0.990. The predicted molar refractivity (Wildman–Crippen MR) is 61.8 cm³/mol. The highest BCUT2D eigenvalue weighted by molar-refractivity contribution is 5.82. The molecular formula is C11H20N2O4. The van der Waals surface area contributed by atoms with Crippen LogP contribution in [0.4, 0.5) is 4.79 Å². The molecule has 0 saturated carbocycles. The van der Waals surface area contributed by atoms with Gasteiger partial charge in [-0.05, 0) is 12.8 Å². The van der Waals surface area contributed by atoms with E-state index in [1.165, 1.54) is 0 Å². The lowest BCUT2D eigenvalue weighted by atomic mass is 10.1. The van der Waals surface area contributed by atoms with Crippen LogP contribution in [0.1, 0.15) is 32.6 Å². The average Bonchev–Trinajstić information content (AvgIpc) is 2.76. The largest absolute Gasteiger partial charge is 0.480 e. The molecule has 17 heavy (non-hydrogen) atoms. The van der Waals surface area contributed by atoms with Crippen LogP contribution in [0.3, 0.4) is 0 Å². The molecule has 1 aliphatic heterocycles. The molecule has 0 spiro atoms. The van der Waals surface area contributed by atoms with E-state index in [0.29, 0.717) is 19.6 Å². The summed E-state index contributed by atoms with van der Waals surface area (Å²) in [5.74, 6) is -0.990. The zero-order chi connectivity index (χ0) is 12.7. The van der Waals surface area contributed by atoms with Gasteiger partial charge in [-0.2, -0.15) is 0 Å². The molecule has 0 aliphatic carbocycles. The second kappa shape index (κ2) is 7.11. The fraction of sp³-hybridized carbons (Fsp3) is 0.818. The molecule has 98 valence electrons. The topological polar surface area (TPSA) is 87.7 Å². The van der Waals surface area contributed by atoms with Gasteiger partial charge in [-0.3, -0.25) is 0 Å². The molecule has 2 atom stereocenters. The Kier molecular flexibility index (Phi) is 5.76. The van der Waals surface area contributed by atoms with Gasteiger partial charge in [-0.15, -0.1) is 0 Å². The molecule has 1 rings (SSSR count). The van der Waals surface area contributed by atoms with Crippen LogP contribution in [0.5, 0.6) is 0 Å². The Morgan fingerprint density at radius 1 is 1.53 bits per heavy atom. The Morgan fingerprint density at radius 2 is 2.29 bits per heavy atom. The number of unbranched alkanes of at least 4 members (excludes halogenated alkanes) is 1. The number of aliphatic carboxylic acids is 1. The van der Waals surface area contributed by atoms with Crippen molar-refractivity contribution in [2.24, 2.45) is 0 Å². The number of ether oxygens (including phenoxy) is 1. The molecule has 1 fully saturated rings. The maximum absolute atomic E-state index is 11.5. The minimum absolute atomic E-state index is 0.00406. The number of carboxylic acids is 1. The molecule has 1 aliphatic rings. The second-order valence-corrected chi connectivity index (χ2v) is 4.21. The van der Waals surface area contributed by atoms with Crippen molar-refractivity contribution in [1.29, 1.82) is 0 Å². The Morgan fingerprint density at radius 3 is 2.82 bits per heavy atom. The number of carbonyl (C=O) groups is 2. The van der Waals surface area contributed by atoms with Crippen molar-refractivity contribution in [2.75, 3.05) is 13.2 Å². The SMILES string of the molecule is CCCC[C@H](NC(=O)NC1CCOC1)C(=O)O. The van der Waals surface area contributed by atoms with Crippen LogP contribution in [0.15, 0.2) is 0 Å². The first kappa shape index (κ1) is 13.8. The van der Waals surface area contributed by atoms with Gasteiger partial charge < -0.3 is 20.5 Å². The van der Waals surface area contributed by atoms with Crippen molar-refractivity contribution in [2.45, 2.75) is 44.7 Å². The minimum Gasteiger partial charge on any atom is -0.480 e. The average molecular weight is 244 g/mol. The molecule has 0 bridgehead atoms. The summed E-state index contributed by atoms with van der Waals surface area (Å²) in [5.41, 5.74) is 0. The van der Waals surface area contributed by atoms with E-state index >= 15 is 0 Å². The summed E-state index contributed by atoms with van der Waals surface area (Å²) < 4.78 is 5.12. The first-order chi connectivity index (χ1) is 8.13. The molecule has 6 nitrogen and oxygen atoms in total. The van der Waals surface area contributed by atoms with Crippen molar-refractivity contribution >= 4 is 12.0 Å². The lowest BCUT2D eigenvalue weighted by molar-refractivity contribution is -0.139. The van der Waals surface area contributed by atoms with Gasteiger partial charge in [0, 0.05) is 6.61 Å². The highest BCUT2D eigenvalue weighted by Gasteiger charge is 2.22. The Balaban J connectivity index is 2.32. The third-order valence-electron chi connectivity index (χ3n) is 2.71. The summed E-state index contributed by atoms with van der Waals surface area (Å²) in [4.78, 5) is 22.4.